The monoisotopic (exact) mass is 388 g/mol. The number of phenolic OH excluding ortho intramolecular Hbond substituents is 1. The molecule has 0 fully saturated rings. The average Bonchev–Trinajstić information content (AvgIpc) is 2.58. The van der Waals surface area contributed by atoms with E-state index in [1.807, 2.05) is 33.8 Å². The van der Waals surface area contributed by atoms with Crippen LogP contribution in [0.25, 0.3) is 6.08 Å². The number of aliphatic carboxylic acids is 1. The molecule has 2 N–H and O–H groups in total. The van der Waals surface area contributed by atoms with Crippen molar-refractivity contribution in [3.05, 3.63) is 22.8 Å². The highest BCUT2D eigenvalue weighted by molar-refractivity contribution is 6.06. The molecule has 6 heteroatoms. The minimum absolute atomic E-state index is 0.105. The second kappa shape index (κ2) is 7.15. The van der Waals surface area contributed by atoms with Gasteiger partial charge in [-0.3, -0.25) is 9.59 Å². The van der Waals surface area contributed by atoms with Crippen LogP contribution in [0, 0.1) is 5.92 Å². The van der Waals surface area contributed by atoms with Crippen LogP contribution < -0.4 is 9.47 Å². The summed E-state index contributed by atoms with van der Waals surface area (Å²) in [6, 6.07) is 0. The Morgan fingerprint density at radius 3 is 2.57 bits per heavy atom. The number of ketones is 1. The summed E-state index contributed by atoms with van der Waals surface area (Å²) >= 11 is 0. The van der Waals surface area contributed by atoms with Crippen molar-refractivity contribution in [2.24, 2.45) is 5.92 Å². The van der Waals surface area contributed by atoms with E-state index >= 15 is 0 Å². The largest absolute Gasteiger partial charge is 0.506 e. The molecule has 0 saturated heterocycles. The Balaban J connectivity index is 2.34. The van der Waals surface area contributed by atoms with E-state index in [1.54, 1.807) is 13.0 Å². The van der Waals surface area contributed by atoms with Crippen molar-refractivity contribution in [1.29, 1.82) is 0 Å². The van der Waals surface area contributed by atoms with Gasteiger partial charge in [-0.2, -0.15) is 0 Å². The summed E-state index contributed by atoms with van der Waals surface area (Å²) in [4.78, 5) is 24.6. The fourth-order valence-electron chi connectivity index (χ4n) is 3.94. The molecule has 2 heterocycles. The van der Waals surface area contributed by atoms with Gasteiger partial charge in [0.15, 0.2) is 5.78 Å². The van der Waals surface area contributed by atoms with E-state index in [2.05, 4.69) is 0 Å². The van der Waals surface area contributed by atoms with Crippen LogP contribution in [0.15, 0.2) is 6.08 Å². The lowest BCUT2D eigenvalue weighted by molar-refractivity contribution is -0.137. The molecular formula is C22H28O6. The number of carboxylic acid groups (broad SMARTS) is 1. The van der Waals surface area contributed by atoms with Crippen molar-refractivity contribution in [2.75, 3.05) is 0 Å². The van der Waals surface area contributed by atoms with Gasteiger partial charge in [-0.1, -0.05) is 20.3 Å². The van der Waals surface area contributed by atoms with E-state index in [9.17, 15) is 19.8 Å². The van der Waals surface area contributed by atoms with Gasteiger partial charge in [0.1, 0.15) is 34.5 Å². The molecule has 0 spiro atoms. The van der Waals surface area contributed by atoms with E-state index < -0.39 is 17.5 Å². The summed E-state index contributed by atoms with van der Waals surface area (Å²) in [6.45, 7) is 9.33. The van der Waals surface area contributed by atoms with Gasteiger partial charge in [-0.05, 0) is 39.3 Å². The van der Waals surface area contributed by atoms with Gasteiger partial charge >= 0.3 is 5.97 Å². The Morgan fingerprint density at radius 2 is 1.96 bits per heavy atom. The number of fused-ring (bicyclic) bond motifs is 2. The third-order valence-corrected chi connectivity index (χ3v) is 5.60. The number of hydrogen-bond donors (Lipinski definition) is 2. The van der Waals surface area contributed by atoms with Crippen molar-refractivity contribution in [3.63, 3.8) is 0 Å². The average molecular weight is 388 g/mol. The molecule has 0 aromatic heterocycles. The Kier molecular flexibility index (Phi) is 5.17. The predicted molar refractivity (Wildman–Crippen MR) is 105 cm³/mol. The molecule has 28 heavy (non-hydrogen) atoms. The number of Topliss-reactive ketones (excluding diaryl/α,β-unsaturated/α-hetero) is 1. The Bertz CT molecular complexity index is 851. The van der Waals surface area contributed by atoms with E-state index in [-0.39, 0.29) is 41.3 Å². The molecule has 1 aromatic carbocycles. The van der Waals surface area contributed by atoms with Crippen LogP contribution >= 0.6 is 0 Å². The first-order valence-corrected chi connectivity index (χ1v) is 9.81. The molecule has 1 aromatic rings. The molecule has 0 bridgehead atoms. The fraction of sp³-hybridized carbons (Fsp3) is 0.545. The summed E-state index contributed by atoms with van der Waals surface area (Å²) < 4.78 is 12.3. The highest BCUT2D eigenvalue weighted by Crippen LogP contribution is 2.53. The molecule has 2 aliphatic rings. The maximum Gasteiger partial charge on any atom is 0.303 e. The van der Waals surface area contributed by atoms with Crippen molar-refractivity contribution in [3.8, 4) is 17.2 Å². The van der Waals surface area contributed by atoms with Crippen molar-refractivity contribution >= 4 is 17.8 Å². The normalized spacial score (nSPS) is 23.2. The zero-order valence-electron chi connectivity index (χ0n) is 17.0. The highest BCUT2D eigenvalue weighted by atomic mass is 16.5. The molecule has 0 radical (unpaired) electrons. The van der Waals surface area contributed by atoms with Crippen LogP contribution in [-0.4, -0.2) is 33.7 Å². The second-order valence-electron chi connectivity index (χ2n) is 8.31. The fourth-order valence-corrected chi connectivity index (χ4v) is 3.94. The molecule has 0 saturated carbocycles. The molecule has 3 atom stereocenters. The maximum atomic E-state index is 13.0. The quantitative estimate of drug-likeness (QED) is 0.769. The lowest BCUT2D eigenvalue weighted by Crippen LogP contribution is -2.36. The van der Waals surface area contributed by atoms with E-state index in [0.717, 1.165) is 6.42 Å². The molecule has 0 aliphatic carbocycles. The van der Waals surface area contributed by atoms with Gasteiger partial charge in [0.25, 0.3) is 0 Å². The maximum absolute atomic E-state index is 13.0. The lowest BCUT2D eigenvalue weighted by Gasteiger charge is -2.37. The number of aromatic hydroxyl groups is 1. The molecule has 0 amide bonds. The van der Waals surface area contributed by atoms with Crippen LogP contribution in [0.5, 0.6) is 17.2 Å². The standard InChI is InChI=1S/C22H28O6/c1-6-7-13(10-15(23)24)16-20-14(8-9-22(4,5)28-20)19(26)17-18(25)11(2)12(3)27-21(16)17/h8-9,11-13,26H,6-7,10H2,1-5H3,(H,23,24)/t11-,12-,13?/m0/s1. The van der Waals surface area contributed by atoms with Crippen LogP contribution in [0.3, 0.4) is 0 Å². The molecule has 6 nitrogen and oxygen atoms in total. The number of carbonyl (C=O) groups excluding carboxylic acids is 1. The lowest BCUT2D eigenvalue weighted by atomic mass is 9.81. The Morgan fingerprint density at radius 1 is 1.29 bits per heavy atom. The van der Waals surface area contributed by atoms with Gasteiger partial charge in [0, 0.05) is 11.5 Å². The number of benzene rings is 1. The number of carbonyl (C=O) groups is 2. The summed E-state index contributed by atoms with van der Waals surface area (Å²) in [5, 5.41) is 20.4. The SMILES string of the molecule is CCCC(CC(=O)O)c1c2c(c(O)c3c1O[C@@H](C)[C@H](C)C3=O)C=CC(C)(C)O2. The van der Waals surface area contributed by atoms with Gasteiger partial charge in [-0.15, -0.1) is 0 Å². The third kappa shape index (κ3) is 3.36. The summed E-state index contributed by atoms with van der Waals surface area (Å²) in [5.41, 5.74) is 0.508. The Labute approximate surface area is 165 Å². The number of phenols is 1. The number of hydrogen-bond acceptors (Lipinski definition) is 5. The molecular weight excluding hydrogens is 360 g/mol. The minimum atomic E-state index is -0.928. The highest BCUT2D eigenvalue weighted by Gasteiger charge is 2.41. The topological polar surface area (TPSA) is 93.1 Å². The number of carboxylic acids is 1. The molecule has 2 aliphatic heterocycles. The van der Waals surface area contributed by atoms with Crippen molar-refractivity contribution in [2.45, 2.75) is 71.5 Å². The first-order chi connectivity index (χ1) is 13.1. The van der Waals surface area contributed by atoms with Crippen LogP contribution in [-0.2, 0) is 4.79 Å². The molecule has 1 unspecified atom stereocenters. The summed E-state index contributed by atoms with van der Waals surface area (Å²) in [5.74, 6) is -1.38. The predicted octanol–water partition coefficient (Wildman–Crippen LogP) is 4.53. The minimum Gasteiger partial charge on any atom is -0.506 e. The van der Waals surface area contributed by atoms with Crippen LogP contribution in [0.2, 0.25) is 0 Å². The van der Waals surface area contributed by atoms with Crippen LogP contribution in [0.1, 0.15) is 81.3 Å². The van der Waals surface area contributed by atoms with Crippen LogP contribution in [0.4, 0.5) is 0 Å². The van der Waals surface area contributed by atoms with Gasteiger partial charge < -0.3 is 19.7 Å². The van der Waals surface area contributed by atoms with E-state index in [0.29, 0.717) is 23.3 Å². The van der Waals surface area contributed by atoms with Gasteiger partial charge in [-0.25, -0.2) is 0 Å². The zero-order chi connectivity index (χ0) is 20.8. The molecule has 152 valence electrons. The first kappa shape index (κ1) is 20.2. The third-order valence-electron chi connectivity index (χ3n) is 5.60. The second-order valence-corrected chi connectivity index (χ2v) is 8.31. The van der Waals surface area contributed by atoms with E-state index in [1.165, 1.54) is 0 Å². The zero-order valence-corrected chi connectivity index (χ0v) is 17.0. The van der Waals surface area contributed by atoms with Crippen molar-refractivity contribution in [1.82, 2.24) is 0 Å². The van der Waals surface area contributed by atoms with Gasteiger partial charge in [0.2, 0.25) is 0 Å². The van der Waals surface area contributed by atoms with Crippen molar-refractivity contribution < 1.29 is 29.3 Å². The number of ether oxygens (including phenoxy) is 2. The number of rotatable bonds is 5. The summed E-state index contributed by atoms with van der Waals surface area (Å²) in [6.07, 6.45) is 4.45. The smallest absolute Gasteiger partial charge is 0.303 e. The Hall–Kier alpha value is -2.50. The van der Waals surface area contributed by atoms with Gasteiger partial charge in [0.05, 0.1) is 17.9 Å². The summed E-state index contributed by atoms with van der Waals surface area (Å²) in [7, 11) is 0. The first-order valence-electron chi connectivity index (χ1n) is 9.81. The van der Waals surface area contributed by atoms with E-state index in [4.69, 9.17) is 9.47 Å². The molecule has 3 rings (SSSR count).